The molecule has 0 atom stereocenters. The summed E-state index contributed by atoms with van der Waals surface area (Å²) in [5, 5.41) is 2.88. The van der Waals surface area contributed by atoms with Crippen molar-refractivity contribution in [2.75, 3.05) is 26.8 Å². The SMILES string of the molecule is COCC(=O)NC1CCN(C(=O)c2ccc(F)cc2)CC1. The molecule has 1 heterocycles. The fourth-order valence-electron chi connectivity index (χ4n) is 2.40. The first-order valence-electron chi connectivity index (χ1n) is 6.93. The van der Waals surface area contributed by atoms with Crippen molar-refractivity contribution in [2.24, 2.45) is 0 Å². The van der Waals surface area contributed by atoms with Crippen molar-refractivity contribution in [1.82, 2.24) is 10.2 Å². The number of hydrogen-bond donors (Lipinski definition) is 1. The summed E-state index contributed by atoms with van der Waals surface area (Å²) in [4.78, 5) is 25.4. The fourth-order valence-corrected chi connectivity index (χ4v) is 2.40. The van der Waals surface area contributed by atoms with Crippen LogP contribution in [0.1, 0.15) is 23.2 Å². The van der Waals surface area contributed by atoms with Crippen molar-refractivity contribution in [3.63, 3.8) is 0 Å². The Labute approximate surface area is 123 Å². The Morgan fingerprint density at radius 3 is 2.48 bits per heavy atom. The highest BCUT2D eigenvalue weighted by Crippen LogP contribution is 2.14. The van der Waals surface area contributed by atoms with Crippen LogP contribution in [0.2, 0.25) is 0 Å². The zero-order valence-corrected chi connectivity index (χ0v) is 12.0. The van der Waals surface area contributed by atoms with Gasteiger partial charge in [-0.15, -0.1) is 0 Å². The number of carbonyl (C=O) groups excluding carboxylic acids is 2. The van der Waals surface area contributed by atoms with Gasteiger partial charge in [0.2, 0.25) is 5.91 Å². The van der Waals surface area contributed by atoms with Crippen molar-refractivity contribution in [2.45, 2.75) is 18.9 Å². The summed E-state index contributed by atoms with van der Waals surface area (Å²) in [5.74, 6) is -0.594. The van der Waals surface area contributed by atoms with Gasteiger partial charge in [-0.1, -0.05) is 0 Å². The number of halogens is 1. The molecular weight excluding hydrogens is 275 g/mol. The molecule has 1 aliphatic heterocycles. The molecule has 1 saturated heterocycles. The van der Waals surface area contributed by atoms with E-state index in [0.29, 0.717) is 31.5 Å². The number of benzene rings is 1. The van der Waals surface area contributed by atoms with Crippen molar-refractivity contribution in [3.8, 4) is 0 Å². The number of piperidine rings is 1. The minimum Gasteiger partial charge on any atom is -0.375 e. The molecule has 2 rings (SSSR count). The van der Waals surface area contributed by atoms with Crippen LogP contribution in [-0.4, -0.2) is 49.6 Å². The van der Waals surface area contributed by atoms with E-state index < -0.39 is 0 Å². The predicted octanol–water partition coefficient (Wildman–Crippen LogP) is 1.19. The molecule has 1 N–H and O–H groups in total. The number of rotatable bonds is 4. The molecule has 2 amide bonds. The molecule has 6 heteroatoms. The smallest absolute Gasteiger partial charge is 0.253 e. The molecule has 5 nitrogen and oxygen atoms in total. The van der Waals surface area contributed by atoms with E-state index in [-0.39, 0.29) is 30.3 Å². The molecule has 0 unspecified atom stereocenters. The summed E-state index contributed by atoms with van der Waals surface area (Å²) in [5.41, 5.74) is 0.485. The minimum atomic E-state index is -0.355. The molecular formula is C15H19FN2O3. The number of carbonyl (C=O) groups is 2. The van der Waals surface area contributed by atoms with Gasteiger partial charge in [-0.2, -0.15) is 0 Å². The van der Waals surface area contributed by atoms with E-state index in [1.54, 1.807) is 4.90 Å². The minimum absolute atomic E-state index is 0.0503. The number of nitrogens with zero attached hydrogens (tertiary/aromatic N) is 1. The molecule has 0 radical (unpaired) electrons. The van der Waals surface area contributed by atoms with Crippen LogP contribution >= 0.6 is 0 Å². The quantitative estimate of drug-likeness (QED) is 0.907. The largest absolute Gasteiger partial charge is 0.375 e. The maximum atomic E-state index is 12.9. The van der Waals surface area contributed by atoms with Crippen LogP contribution in [-0.2, 0) is 9.53 Å². The fraction of sp³-hybridized carbons (Fsp3) is 0.467. The third kappa shape index (κ3) is 4.26. The predicted molar refractivity (Wildman–Crippen MR) is 75.3 cm³/mol. The highest BCUT2D eigenvalue weighted by Gasteiger charge is 2.24. The number of amides is 2. The third-order valence-electron chi connectivity index (χ3n) is 3.51. The zero-order valence-electron chi connectivity index (χ0n) is 12.0. The summed E-state index contributed by atoms with van der Waals surface area (Å²) < 4.78 is 17.6. The summed E-state index contributed by atoms with van der Waals surface area (Å²) in [7, 11) is 1.48. The second-order valence-electron chi connectivity index (χ2n) is 5.07. The summed E-state index contributed by atoms with van der Waals surface area (Å²) in [6.07, 6.45) is 1.42. The van der Waals surface area contributed by atoms with Gasteiger partial charge in [-0.3, -0.25) is 9.59 Å². The number of hydrogen-bond acceptors (Lipinski definition) is 3. The average molecular weight is 294 g/mol. The molecule has 21 heavy (non-hydrogen) atoms. The van der Waals surface area contributed by atoms with Crippen LogP contribution in [0.15, 0.2) is 24.3 Å². The Kier molecular flexibility index (Phi) is 5.27. The van der Waals surface area contributed by atoms with Gasteiger partial charge >= 0.3 is 0 Å². The molecule has 0 spiro atoms. The normalized spacial score (nSPS) is 15.8. The molecule has 114 valence electrons. The molecule has 0 aromatic heterocycles. The number of ether oxygens (including phenoxy) is 1. The average Bonchev–Trinajstić information content (AvgIpc) is 2.48. The monoisotopic (exact) mass is 294 g/mol. The number of likely N-dealkylation sites (tertiary alicyclic amines) is 1. The highest BCUT2D eigenvalue weighted by atomic mass is 19.1. The van der Waals surface area contributed by atoms with Crippen molar-refractivity contribution in [1.29, 1.82) is 0 Å². The van der Waals surface area contributed by atoms with E-state index in [2.05, 4.69) is 5.32 Å². The summed E-state index contributed by atoms with van der Waals surface area (Å²) >= 11 is 0. The van der Waals surface area contributed by atoms with E-state index >= 15 is 0 Å². The van der Waals surface area contributed by atoms with Crippen molar-refractivity contribution < 1.29 is 18.7 Å². The standard InChI is InChI=1S/C15H19FN2O3/c1-21-10-14(19)17-13-6-8-18(9-7-13)15(20)11-2-4-12(16)5-3-11/h2-5,13H,6-10H2,1H3,(H,17,19). The Bertz CT molecular complexity index is 496. The second kappa shape index (κ2) is 7.17. The van der Waals surface area contributed by atoms with Gasteiger partial charge < -0.3 is 15.0 Å². The number of nitrogens with one attached hydrogen (secondary N) is 1. The summed E-state index contributed by atoms with van der Waals surface area (Å²) in [6.45, 7) is 1.21. The lowest BCUT2D eigenvalue weighted by Crippen LogP contribution is -2.47. The van der Waals surface area contributed by atoms with Gasteiger partial charge in [0.15, 0.2) is 0 Å². The van der Waals surface area contributed by atoms with Gasteiger partial charge in [0, 0.05) is 31.8 Å². The van der Waals surface area contributed by atoms with Gasteiger partial charge in [0.05, 0.1) is 0 Å². The van der Waals surface area contributed by atoms with E-state index in [1.165, 1.54) is 31.4 Å². The molecule has 0 saturated carbocycles. The van der Waals surface area contributed by atoms with E-state index in [9.17, 15) is 14.0 Å². The first-order chi connectivity index (χ1) is 10.1. The molecule has 0 bridgehead atoms. The molecule has 0 aliphatic carbocycles. The van der Waals surface area contributed by atoms with Crippen LogP contribution < -0.4 is 5.32 Å². The van der Waals surface area contributed by atoms with Crippen LogP contribution in [0.5, 0.6) is 0 Å². The Hall–Kier alpha value is -1.95. The third-order valence-corrected chi connectivity index (χ3v) is 3.51. The lowest BCUT2D eigenvalue weighted by molar-refractivity contribution is -0.125. The van der Waals surface area contributed by atoms with Gasteiger partial charge in [0.1, 0.15) is 12.4 Å². The topological polar surface area (TPSA) is 58.6 Å². The van der Waals surface area contributed by atoms with Gasteiger partial charge in [-0.05, 0) is 37.1 Å². The van der Waals surface area contributed by atoms with Crippen LogP contribution in [0, 0.1) is 5.82 Å². The van der Waals surface area contributed by atoms with Crippen LogP contribution in [0.25, 0.3) is 0 Å². The maximum Gasteiger partial charge on any atom is 0.253 e. The van der Waals surface area contributed by atoms with Gasteiger partial charge in [0.25, 0.3) is 5.91 Å². The zero-order chi connectivity index (χ0) is 15.2. The van der Waals surface area contributed by atoms with Crippen LogP contribution in [0.4, 0.5) is 4.39 Å². The molecule has 1 fully saturated rings. The van der Waals surface area contributed by atoms with Gasteiger partial charge in [-0.25, -0.2) is 4.39 Å². The Morgan fingerprint density at radius 2 is 1.90 bits per heavy atom. The second-order valence-corrected chi connectivity index (χ2v) is 5.07. The molecule has 1 aliphatic rings. The van der Waals surface area contributed by atoms with E-state index in [1.807, 2.05) is 0 Å². The first kappa shape index (κ1) is 15.4. The van der Waals surface area contributed by atoms with E-state index in [0.717, 1.165) is 0 Å². The Morgan fingerprint density at radius 1 is 1.29 bits per heavy atom. The first-order valence-corrected chi connectivity index (χ1v) is 6.93. The lowest BCUT2D eigenvalue weighted by atomic mass is 10.0. The van der Waals surface area contributed by atoms with Crippen molar-refractivity contribution in [3.05, 3.63) is 35.6 Å². The molecule has 1 aromatic rings. The van der Waals surface area contributed by atoms with Crippen molar-refractivity contribution >= 4 is 11.8 Å². The lowest BCUT2D eigenvalue weighted by Gasteiger charge is -2.32. The number of methoxy groups -OCH3 is 1. The maximum absolute atomic E-state index is 12.9. The highest BCUT2D eigenvalue weighted by molar-refractivity contribution is 5.94. The Balaban J connectivity index is 1.84. The van der Waals surface area contributed by atoms with E-state index in [4.69, 9.17) is 4.74 Å². The summed E-state index contributed by atoms with van der Waals surface area (Å²) in [6, 6.07) is 5.62. The van der Waals surface area contributed by atoms with Crippen LogP contribution in [0.3, 0.4) is 0 Å². The molecule has 1 aromatic carbocycles.